The first-order chi connectivity index (χ1) is 20.4. The lowest BCUT2D eigenvalue weighted by molar-refractivity contribution is 0.0607. The Morgan fingerprint density at radius 1 is 0.881 bits per heavy atom. The van der Waals surface area contributed by atoms with E-state index < -0.39 is 0 Å². The fraction of sp³-hybridized carbons (Fsp3) is 0.429. The standard InChI is InChI=1S/C35H38Cl2N4O/c1-24-38-32-9-5-6-10-33(32)41(24)29-22-27-12-13-28(23-29)40(27)20-17-35(26-11-14-30(36)31(37)21-26)15-18-39(19-16-35)34(42)25-7-3-2-4-8-25/h2-11,14,21,27-29H,12-13,15-20,22-23H2,1H3/t27-,28+,29+. The van der Waals surface area contributed by atoms with Gasteiger partial charge in [0.05, 0.1) is 21.1 Å². The smallest absolute Gasteiger partial charge is 0.253 e. The summed E-state index contributed by atoms with van der Waals surface area (Å²) in [5.41, 5.74) is 4.36. The molecule has 0 saturated carbocycles. The monoisotopic (exact) mass is 600 g/mol. The van der Waals surface area contributed by atoms with Crippen LogP contribution in [0.25, 0.3) is 11.0 Å². The quantitative estimate of drug-likeness (QED) is 0.224. The maximum absolute atomic E-state index is 13.3. The first kappa shape index (κ1) is 27.9. The first-order valence-electron chi connectivity index (χ1n) is 15.4. The molecule has 3 aliphatic rings. The van der Waals surface area contributed by atoms with Crippen LogP contribution in [0.4, 0.5) is 0 Å². The van der Waals surface area contributed by atoms with Crippen LogP contribution in [0.5, 0.6) is 0 Å². The number of carbonyl (C=O) groups excluding carboxylic acids is 1. The number of nitrogens with zero attached hydrogens (tertiary/aromatic N) is 4. The van der Waals surface area contributed by atoms with E-state index in [-0.39, 0.29) is 11.3 Å². The van der Waals surface area contributed by atoms with E-state index in [1.165, 1.54) is 36.8 Å². The van der Waals surface area contributed by atoms with Crippen LogP contribution in [0.2, 0.25) is 10.0 Å². The number of rotatable bonds is 6. The maximum atomic E-state index is 13.3. The lowest BCUT2D eigenvalue weighted by atomic mass is 9.70. The molecule has 0 radical (unpaired) electrons. The minimum Gasteiger partial charge on any atom is -0.339 e. The third-order valence-corrected chi connectivity index (χ3v) is 11.1. The summed E-state index contributed by atoms with van der Waals surface area (Å²) in [6, 6.07) is 26.1. The number of aryl methyl sites for hydroxylation is 1. The Kier molecular flexibility index (Phi) is 7.54. The summed E-state index contributed by atoms with van der Waals surface area (Å²) in [6.45, 7) is 4.72. The molecule has 7 rings (SSSR count). The summed E-state index contributed by atoms with van der Waals surface area (Å²) in [4.78, 5) is 23.0. The van der Waals surface area contributed by atoms with Gasteiger partial charge in [-0.05, 0) is 106 Å². The number of para-hydroxylation sites is 2. The average Bonchev–Trinajstić information content (AvgIpc) is 3.48. The number of hydrogen-bond acceptors (Lipinski definition) is 3. The second kappa shape index (κ2) is 11.3. The highest BCUT2D eigenvalue weighted by atomic mass is 35.5. The number of benzene rings is 3. The minimum atomic E-state index is -0.0326. The molecule has 0 unspecified atom stereocenters. The van der Waals surface area contributed by atoms with Crippen molar-refractivity contribution in [2.45, 2.75) is 75.4 Å². The molecule has 3 aliphatic heterocycles. The van der Waals surface area contributed by atoms with Gasteiger partial charge in [0.1, 0.15) is 5.82 Å². The van der Waals surface area contributed by atoms with Crippen LogP contribution in [-0.4, -0.2) is 57.0 Å². The Morgan fingerprint density at radius 3 is 2.29 bits per heavy atom. The van der Waals surface area contributed by atoms with Gasteiger partial charge in [-0.1, -0.05) is 59.6 Å². The molecule has 218 valence electrons. The fourth-order valence-electron chi connectivity index (χ4n) is 8.20. The van der Waals surface area contributed by atoms with Gasteiger partial charge in [-0.15, -0.1) is 0 Å². The Bertz CT molecular complexity index is 1580. The van der Waals surface area contributed by atoms with Crippen molar-refractivity contribution in [3.8, 4) is 0 Å². The summed E-state index contributed by atoms with van der Waals surface area (Å²) >= 11 is 12.9. The van der Waals surface area contributed by atoms with Crippen LogP contribution in [0.15, 0.2) is 72.8 Å². The molecular weight excluding hydrogens is 563 g/mol. The number of hydrogen-bond donors (Lipinski definition) is 0. The molecule has 0 spiro atoms. The molecule has 3 atom stereocenters. The normalized spacial score (nSPS) is 23.9. The number of carbonyl (C=O) groups is 1. The summed E-state index contributed by atoms with van der Waals surface area (Å²) in [5, 5.41) is 1.20. The van der Waals surface area contributed by atoms with Crippen molar-refractivity contribution < 1.29 is 4.79 Å². The van der Waals surface area contributed by atoms with Gasteiger partial charge in [0.2, 0.25) is 0 Å². The van der Waals surface area contributed by atoms with Crippen LogP contribution in [0.1, 0.15) is 72.7 Å². The molecule has 42 heavy (non-hydrogen) atoms. The van der Waals surface area contributed by atoms with Crippen molar-refractivity contribution in [3.05, 3.63) is 99.8 Å². The molecule has 5 nitrogen and oxygen atoms in total. The number of imidazole rings is 1. The van der Waals surface area contributed by atoms with Crippen molar-refractivity contribution in [1.82, 2.24) is 19.4 Å². The second-order valence-corrected chi connectivity index (χ2v) is 13.4. The van der Waals surface area contributed by atoms with Crippen molar-refractivity contribution in [2.75, 3.05) is 19.6 Å². The molecule has 3 saturated heterocycles. The second-order valence-electron chi connectivity index (χ2n) is 12.6. The zero-order chi connectivity index (χ0) is 28.8. The lowest BCUT2D eigenvalue weighted by Gasteiger charge is -2.45. The van der Waals surface area contributed by atoms with E-state index in [2.05, 4.69) is 52.8 Å². The van der Waals surface area contributed by atoms with Crippen LogP contribution < -0.4 is 0 Å². The van der Waals surface area contributed by atoms with E-state index in [1.807, 2.05) is 41.3 Å². The van der Waals surface area contributed by atoms with E-state index in [9.17, 15) is 4.79 Å². The zero-order valence-corrected chi connectivity index (χ0v) is 25.7. The number of piperidine rings is 2. The third kappa shape index (κ3) is 5.04. The van der Waals surface area contributed by atoms with Gasteiger partial charge >= 0.3 is 0 Å². The average molecular weight is 602 g/mol. The highest BCUT2D eigenvalue weighted by Gasteiger charge is 2.44. The Labute approximate surface area is 258 Å². The molecule has 1 aromatic heterocycles. The van der Waals surface area contributed by atoms with Gasteiger partial charge in [0.15, 0.2) is 0 Å². The Hall–Kier alpha value is -2.86. The molecule has 7 heteroatoms. The molecule has 2 bridgehead atoms. The molecule has 0 N–H and O–H groups in total. The van der Waals surface area contributed by atoms with Gasteiger partial charge in [-0.3, -0.25) is 9.69 Å². The zero-order valence-electron chi connectivity index (χ0n) is 24.2. The van der Waals surface area contributed by atoms with E-state index in [4.69, 9.17) is 28.2 Å². The topological polar surface area (TPSA) is 41.4 Å². The van der Waals surface area contributed by atoms with E-state index in [0.717, 1.165) is 55.8 Å². The Balaban J connectivity index is 1.09. The highest BCUT2D eigenvalue weighted by molar-refractivity contribution is 6.42. The number of aromatic nitrogens is 2. The summed E-state index contributed by atoms with van der Waals surface area (Å²) in [5.74, 6) is 1.25. The Morgan fingerprint density at radius 2 is 1.57 bits per heavy atom. The molecule has 3 aromatic carbocycles. The van der Waals surface area contributed by atoms with E-state index in [0.29, 0.717) is 28.2 Å². The van der Waals surface area contributed by atoms with Crippen molar-refractivity contribution >= 4 is 40.1 Å². The van der Waals surface area contributed by atoms with Crippen LogP contribution in [0, 0.1) is 6.92 Å². The molecular formula is C35H38Cl2N4O. The summed E-state index contributed by atoms with van der Waals surface area (Å²) < 4.78 is 2.51. The molecule has 0 aliphatic carbocycles. The van der Waals surface area contributed by atoms with E-state index >= 15 is 0 Å². The van der Waals surface area contributed by atoms with Gasteiger partial charge in [-0.25, -0.2) is 4.98 Å². The number of fused-ring (bicyclic) bond motifs is 3. The summed E-state index contributed by atoms with van der Waals surface area (Å²) in [7, 11) is 0. The number of likely N-dealkylation sites (tertiary alicyclic amines) is 1. The lowest BCUT2D eigenvalue weighted by Crippen LogP contribution is -2.49. The van der Waals surface area contributed by atoms with Crippen LogP contribution in [-0.2, 0) is 5.41 Å². The minimum absolute atomic E-state index is 0.0326. The fourth-order valence-corrected chi connectivity index (χ4v) is 8.50. The molecule has 4 aromatic rings. The molecule has 4 heterocycles. The number of halogens is 2. The van der Waals surface area contributed by atoms with Crippen LogP contribution in [0.3, 0.4) is 0 Å². The maximum Gasteiger partial charge on any atom is 0.253 e. The predicted octanol–water partition coefficient (Wildman–Crippen LogP) is 8.08. The first-order valence-corrected chi connectivity index (χ1v) is 16.2. The van der Waals surface area contributed by atoms with Gasteiger partial charge in [0.25, 0.3) is 5.91 Å². The van der Waals surface area contributed by atoms with Gasteiger partial charge < -0.3 is 9.47 Å². The van der Waals surface area contributed by atoms with Crippen LogP contribution >= 0.6 is 23.2 Å². The number of amides is 1. The molecule has 3 fully saturated rings. The predicted molar refractivity (Wildman–Crippen MR) is 171 cm³/mol. The van der Waals surface area contributed by atoms with Crippen molar-refractivity contribution in [3.63, 3.8) is 0 Å². The van der Waals surface area contributed by atoms with Crippen molar-refractivity contribution in [1.29, 1.82) is 0 Å². The SMILES string of the molecule is Cc1nc2ccccc2n1[C@H]1C[C@H]2CC[C@@H](C1)N2CCC1(c2ccc(Cl)c(Cl)c2)CCN(C(=O)c2ccccc2)CC1. The highest BCUT2D eigenvalue weighted by Crippen LogP contribution is 2.45. The largest absolute Gasteiger partial charge is 0.339 e. The third-order valence-electron chi connectivity index (χ3n) is 10.4. The van der Waals surface area contributed by atoms with Gasteiger partial charge in [-0.2, -0.15) is 0 Å². The molecule has 1 amide bonds. The van der Waals surface area contributed by atoms with Crippen molar-refractivity contribution in [2.24, 2.45) is 0 Å². The van der Waals surface area contributed by atoms with E-state index in [1.54, 1.807) is 0 Å². The summed E-state index contributed by atoms with van der Waals surface area (Å²) in [6.07, 6.45) is 7.81. The van der Waals surface area contributed by atoms with Gasteiger partial charge in [0, 0.05) is 36.8 Å².